The number of non-ortho nitro benzene ring substituents is 1. The number of rotatable bonds is 7. The van der Waals surface area contributed by atoms with Crippen molar-refractivity contribution in [2.45, 2.75) is 11.8 Å². The van der Waals surface area contributed by atoms with Crippen LogP contribution >= 0.6 is 22.6 Å². The number of nitro benzene ring substituents is 2. The number of benzene rings is 3. The average molecular weight is 610 g/mol. The fourth-order valence-electron chi connectivity index (χ4n) is 2.78. The molecule has 0 aliphatic carbocycles. The smallest absolute Gasteiger partial charge is 0.282 e. The van der Waals surface area contributed by atoms with Crippen LogP contribution in [0, 0.1) is 30.7 Å². The third-order valence-electron chi connectivity index (χ3n) is 4.49. The molecule has 0 atom stereocenters. The molecule has 2 N–H and O–H groups in total. The Morgan fingerprint density at radius 2 is 1.69 bits per heavy atom. The summed E-state index contributed by atoms with van der Waals surface area (Å²) in [5.41, 5.74) is 2.67. The Kier molecular flexibility index (Phi) is 7.82. The fourth-order valence-corrected chi connectivity index (χ4v) is 3.71. The van der Waals surface area contributed by atoms with Crippen LogP contribution in [0.4, 0.5) is 22.7 Å². The second-order valence-electron chi connectivity index (χ2n) is 6.89. The third kappa shape index (κ3) is 6.61. The van der Waals surface area contributed by atoms with Crippen LogP contribution in [0.25, 0.3) is 0 Å². The van der Waals surface area contributed by atoms with Crippen LogP contribution in [0.3, 0.4) is 0 Å². The molecule has 13 nitrogen and oxygen atoms in total. The van der Waals surface area contributed by atoms with Crippen molar-refractivity contribution in [1.29, 1.82) is 0 Å². The van der Waals surface area contributed by atoms with Crippen molar-refractivity contribution in [3.63, 3.8) is 0 Å². The molecule has 0 fully saturated rings. The van der Waals surface area contributed by atoms with Gasteiger partial charge >= 0.3 is 5.69 Å². The minimum Gasteiger partial charge on any atom is -0.282 e. The van der Waals surface area contributed by atoms with Gasteiger partial charge in [0.05, 0.1) is 26.5 Å². The molecular formula is C20H15IN6O7S. The van der Waals surface area contributed by atoms with Gasteiger partial charge in [-0.15, -0.1) is 10.2 Å². The van der Waals surface area contributed by atoms with Crippen LogP contribution in [0.1, 0.15) is 11.1 Å². The van der Waals surface area contributed by atoms with Crippen LogP contribution in [-0.4, -0.2) is 28.7 Å². The summed E-state index contributed by atoms with van der Waals surface area (Å²) in [6.07, 6.45) is 0. The summed E-state index contributed by atoms with van der Waals surface area (Å²) in [5, 5.41) is 34.4. The monoisotopic (exact) mass is 610 g/mol. The summed E-state index contributed by atoms with van der Waals surface area (Å²) < 4.78 is 33.2. The summed E-state index contributed by atoms with van der Waals surface area (Å²) >= 11 is 2.13. The molecule has 3 rings (SSSR count). The molecule has 0 radical (unpaired) electrons. The minimum atomic E-state index is -4.45. The number of amidine groups is 1. The molecular weight excluding hydrogens is 595 g/mol. The van der Waals surface area contributed by atoms with E-state index in [1.165, 1.54) is 12.1 Å². The first kappa shape index (κ1) is 25.8. The second-order valence-corrected chi connectivity index (χ2v) is 9.56. The lowest BCUT2D eigenvalue weighted by Gasteiger charge is -2.08. The first-order chi connectivity index (χ1) is 16.5. The van der Waals surface area contributed by atoms with Gasteiger partial charge < -0.3 is 0 Å². The van der Waals surface area contributed by atoms with E-state index >= 15 is 0 Å². The van der Waals surface area contributed by atoms with Gasteiger partial charge in [0.15, 0.2) is 5.69 Å². The van der Waals surface area contributed by atoms with Gasteiger partial charge in [-0.2, -0.15) is 13.5 Å². The highest BCUT2D eigenvalue weighted by atomic mass is 127. The fraction of sp³-hybridized carbons (Fsp3) is 0.0500. The van der Waals surface area contributed by atoms with Gasteiger partial charge in [-0.25, -0.2) is 0 Å². The Morgan fingerprint density at radius 3 is 2.26 bits per heavy atom. The van der Waals surface area contributed by atoms with Gasteiger partial charge in [-0.1, -0.05) is 0 Å². The van der Waals surface area contributed by atoms with Crippen molar-refractivity contribution in [2.24, 2.45) is 15.3 Å². The highest BCUT2D eigenvalue weighted by Crippen LogP contribution is 2.32. The molecule has 0 aromatic heterocycles. The molecule has 0 amide bonds. The van der Waals surface area contributed by atoms with E-state index in [2.05, 4.69) is 43.3 Å². The summed E-state index contributed by atoms with van der Waals surface area (Å²) in [6, 6.07) is 13.7. The molecule has 0 unspecified atom stereocenters. The lowest BCUT2D eigenvalue weighted by atomic mass is 10.1. The SMILES string of the molecule is Cc1cc(S(=O)(=O)O)ccc1C(N=Nc1ccc([N+](=O)[O-])cc1[N+](=O)[O-])=NNc1ccc(I)cc1. The van der Waals surface area contributed by atoms with Gasteiger partial charge in [-0.3, -0.25) is 30.2 Å². The number of hydrogen-bond donors (Lipinski definition) is 2. The molecule has 3 aromatic rings. The van der Waals surface area contributed by atoms with Crippen molar-refractivity contribution in [2.75, 3.05) is 5.43 Å². The molecule has 3 aromatic carbocycles. The maximum atomic E-state index is 11.5. The predicted octanol–water partition coefficient (Wildman–Crippen LogP) is 5.22. The zero-order valence-corrected chi connectivity index (χ0v) is 20.7. The molecule has 0 saturated carbocycles. The molecule has 0 spiro atoms. The average Bonchev–Trinajstić information content (AvgIpc) is 2.79. The molecule has 0 aliphatic rings. The second kappa shape index (κ2) is 10.6. The molecule has 180 valence electrons. The van der Waals surface area contributed by atoms with Gasteiger partial charge in [0, 0.05) is 15.2 Å². The van der Waals surface area contributed by atoms with Crippen LogP contribution < -0.4 is 5.43 Å². The Morgan fingerprint density at radius 1 is 1.00 bits per heavy atom. The standard InChI is InChI=1S/C20H15IN6O7S/c1-12-10-16(35(32,33)34)7-8-17(12)20(24-22-14-4-2-13(21)3-5-14)25-23-18-9-6-15(26(28)29)11-19(18)27(30)31/h2-11,22H,1H3,(H,32,33,34). The van der Waals surface area contributed by atoms with E-state index < -0.39 is 31.3 Å². The van der Waals surface area contributed by atoms with E-state index in [1.807, 2.05) is 12.1 Å². The summed E-state index contributed by atoms with van der Waals surface area (Å²) in [7, 11) is -4.45. The number of azo groups is 1. The quantitative estimate of drug-likeness (QED) is 0.0692. The number of hydrogen-bond acceptors (Lipinski definition) is 9. The van der Waals surface area contributed by atoms with Crippen molar-refractivity contribution in [1.82, 2.24) is 0 Å². The zero-order chi connectivity index (χ0) is 25.8. The summed E-state index contributed by atoms with van der Waals surface area (Å²) in [4.78, 5) is 20.4. The first-order valence-corrected chi connectivity index (χ1v) is 12.0. The number of hydrazone groups is 1. The highest BCUT2D eigenvalue weighted by molar-refractivity contribution is 14.1. The number of nitrogens with one attached hydrogen (secondary N) is 1. The Hall–Kier alpha value is -3.83. The number of halogens is 1. The lowest BCUT2D eigenvalue weighted by Crippen LogP contribution is -2.06. The van der Waals surface area contributed by atoms with Gasteiger partial charge in [0.25, 0.3) is 15.8 Å². The highest BCUT2D eigenvalue weighted by Gasteiger charge is 2.20. The third-order valence-corrected chi connectivity index (χ3v) is 6.06. The summed E-state index contributed by atoms with van der Waals surface area (Å²) in [6.45, 7) is 1.55. The van der Waals surface area contributed by atoms with E-state index in [-0.39, 0.29) is 16.4 Å². The molecule has 15 heteroatoms. The molecule has 0 saturated heterocycles. The number of nitro groups is 2. The van der Waals surface area contributed by atoms with Crippen LogP contribution in [-0.2, 0) is 10.1 Å². The lowest BCUT2D eigenvalue weighted by molar-refractivity contribution is -0.393. The van der Waals surface area contributed by atoms with Crippen LogP contribution in [0.15, 0.2) is 80.9 Å². The topological polar surface area (TPSA) is 190 Å². The Balaban J connectivity index is 2.08. The van der Waals surface area contributed by atoms with E-state index in [9.17, 15) is 33.2 Å². The Labute approximate surface area is 211 Å². The minimum absolute atomic E-state index is 0.0735. The van der Waals surface area contributed by atoms with E-state index in [0.29, 0.717) is 16.8 Å². The molecule has 35 heavy (non-hydrogen) atoms. The number of anilines is 1. The van der Waals surface area contributed by atoms with E-state index in [1.54, 1.807) is 19.1 Å². The van der Waals surface area contributed by atoms with Gasteiger partial charge in [0.1, 0.15) is 0 Å². The Bertz CT molecular complexity index is 1470. The molecule has 0 bridgehead atoms. The van der Waals surface area contributed by atoms with E-state index in [4.69, 9.17) is 0 Å². The van der Waals surface area contributed by atoms with Gasteiger partial charge in [0.2, 0.25) is 5.84 Å². The van der Waals surface area contributed by atoms with Crippen molar-refractivity contribution >= 4 is 61.3 Å². The zero-order valence-electron chi connectivity index (χ0n) is 17.7. The van der Waals surface area contributed by atoms with Crippen LogP contribution in [0.5, 0.6) is 0 Å². The molecule has 0 aliphatic heterocycles. The summed E-state index contributed by atoms with van der Waals surface area (Å²) in [5.74, 6) is -0.0735. The van der Waals surface area contributed by atoms with Crippen LogP contribution in [0.2, 0.25) is 0 Å². The molecule has 0 heterocycles. The predicted molar refractivity (Wildman–Crippen MR) is 135 cm³/mol. The van der Waals surface area contributed by atoms with Crippen molar-refractivity contribution < 1.29 is 22.8 Å². The maximum absolute atomic E-state index is 11.5. The largest absolute Gasteiger partial charge is 0.303 e. The van der Waals surface area contributed by atoms with Gasteiger partial charge in [-0.05, 0) is 83.6 Å². The van der Waals surface area contributed by atoms with E-state index in [0.717, 1.165) is 27.8 Å². The number of nitrogens with zero attached hydrogens (tertiary/aromatic N) is 5. The number of aryl methyl sites for hydroxylation is 1. The normalized spacial score (nSPS) is 12.0. The first-order valence-electron chi connectivity index (χ1n) is 9.48. The van der Waals surface area contributed by atoms with Crippen molar-refractivity contribution in [3.05, 3.63) is 95.6 Å². The maximum Gasteiger partial charge on any atom is 0.303 e. The van der Waals surface area contributed by atoms with Crippen molar-refractivity contribution in [3.8, 4) is 0 Å².